The Kier molecular flexibility index (Phi) is 6.44. The van der Waals surface area contributed by atoms with Crippen LogP contribution in [-0.2, 0) is 16.1 Å². The summed E-state index contributed by atoms with van der Waals surface area (Å²) in [5.41, 5.74) is 1.29. The molecule has 4 nitrogen and oxygen atoms in total. The van der Waals surface area contributed by atoms with Crippen LogP contribution in [-0.4, -0.2) is 17.9 Å². The van der Waals surface area contributed by atoms with Gasteiger partial charge in [0.05, 0.1) is 0 Å². The van der Waals surface area contributed by atoms with E-state index in [1.54, 1.807) is 32.0 Å². The summed E-state index contributed by atoms with van der Waals surface area (Å²) in [6.45, 7) is 4.96. The Bertz CT molecular complexity index is 805. The van der Waals surface area contributed by atoms with Gasteiger partial charge in [-0.2, -0.15) is 0 Å². The summed E-state index contributed by atoms with van der Waals surface area (Å²) in [5, 5.41) is 2.64. The van der Waals surface area contributed by atoms with Gasteiger partial charge in [0.15, 0.2) is 11.6 Å². The lowest BCUT2D eigenvalue weighted by molar-refractivity contribution is -0.148. The van der Waals surface area contributed by atoms with E-state index in [0.717, 1.165) is 11.6 Å². The predicted molar refractivity (Wildman–Crippen MR) is 93.4 cm³/mol. The lowest BCUT2D eigenvalue weighted by Gasteiger charge is -2.21. The summed E-state index contributed by atoms with van der Waals surface area (Å²) in [6.07, 6.45) is 0. The Morgan fingerprint density at radius 1 is 1.12 bits per heavy atom. The minimum Gasteiger partial charge on any atom is -0.459 e. The Balaban J connectivity index is 2.05. The maximum absolute atomic E-state index is 13.6. The average Bonchev–Trinajstić information content (AvgIpc) is 2.60. The Labute approximate surface area is 151 Å². The summed E-state index contributed by atoms with van der Waals surface area (Å²) in [5.74, 6) is -3.41. The molecule has 2 rings (SSSR count). The van der Waals surface area contributed by atoms with Crippen LogP contribution in [0.1, 0.15) is 35.3 Å². The molecule has 0 aromatic heterocycles. The van der Waals surface area contributed by atoms with Crippen molar-refractivity contribution in [3.05, 3.63) is 70.8 Å². The number of carbonyl (C=O) groups excluding carboxylic acids is 2. The van der Waals surface area contributed by atoms with Crippen molar-refractivity contribution in [2.45, 2.75) is 33.4 Å². The molecule has 2 aromatic carbocycles. The van der Waals surface area contributed by atoms with Gasteiger partial charge in [0.2, 0.25) is 0 Å². The number of halogens is 2. The highest BCUT2D eigenvalue weighted by Gasteiger charge is 2.26. The van der Waals surface area contributed by atoms with Crippen LogP contribution in [0.2, 0.25) is 0 Å². The monoisotopic (exact) mass is 361 g/mol. The van der Waals surface area contributed by atoms with E-state index in [0.29, 0.717) is 5.56 Å². The molecule has 0 saturated heterocycles. The molecule has 1 amide bonds. The highest BCUT2D eigenvalue weighted by Crippen LogP contribution is 2.14. The molecule has 6 heteroatoms. The van der Waals surface area contributed by atoms with E-state index in [4.69, 9.17) is 4.74 Å². The number of nitrogens with one attached hydrogen (secondary N) is 1. The minimum absolute atomic E-state index is 0.0640. The molecular weight excluding hydrogens is 340 g/mol. The Morgan fingerprint density at radius 3 is 2.46 bits per heavy atom. The van der Waals surface area contributed by atoms with E-state index in [2.05, 4.69) is 5.32 Å². The first-order valence-electron chi connectivity index (χ1n) is 8.26. The zero-order chi connectivity index (χ0) is 19.3. The third kappa shape index (κ3) is 4.88. The molecule has 1 N–H and O–H groups in total. The van der Waals surface area contributed by atoms with Crippen LogP contribution in [0.3, 0.4) is 0 Å². The zero-order valence-corrected chi connectivity index (χ0v) is 14.9. The van der Waals surface area contributed by atoms with Crippen LogP contribution < -0.4 is 5.32 Å². The first kappa shape index (κ1) is 19.6. The smallest absolute Gasteiger partial charge is 0.329 e. The average molecular weight is 361 g/mol. The zero-order valence-electron chi connectivity index (χ0n) is 14.9. The number of ether oxygens (including phenoxy) is 1. The van der Waals surface area contributed by atoms with Crippen LogP contribution in [0.4, 0.5) is 8.78 Å². The van der Waals surface area contributed by atoms with Gasteiger partial charge >= 0.3 is 5.97 Å². The van der Waals surface area contributed by atoms with Crippen LogP contribution in [0.25, 0.3) is 0 Å². The number of rotatable bonds is 6. The van der Waals surface area contributed by atoms with Gasteiger partial charge in [-0.05, 0) is 31.0 Å². The van der Waals surface area contributed by atoms with Gasteiger partial charge in [0.25, 0.3) is 5.91 Å². The lowest BCUT2D eigenvalue weighted by atomic mass is 10.0. The van der Waals surface area contributed by atoms with Crippen LogP contribution in [0.15, 0.2) is 42.5 Å². The second kappa shape index (κ2) is 8.56. The van der Waals surface area contributed by atoms with E-state index in [9.17, 15) is 18.4 Å². The van der Waals surface area contributed by atoms with Crippen LogP contribution >= 0.6 is 0 Å². The highest BCUT2D eigenvalue weighted by molar-refractivity contribution is 5.97. The summed E-state index contributed by atoms with van der Waals surface area (Å²) >= 11 is 0. The molecule has 0 heterocycles. The molecule has 26 heavy (non-hydrogen) atoms. The van der Waals surface area contributed by atoms with Crippen LogP contribution in [0.5, 0.6) is 0 Å². The maximum atomic E-state index is 13.6. The molecule has 0 spiro atoms. The fraction of sp³-hybridized carbons (Fsp3) is 0.300. The van der Waals surface area contributed by atoms with Gasteiger partial charge in [0.1, 0.15) is 12.6 Å². The summed E-state index contributed by atoms with van der Waals surface area (Å²) in [6, 6.07) is 9.72. The molecule has 2 aromatic rings. The molecule has 138 valence electrons. The van der Waals surface area contributed by atoms with Crippen LogP contribution in [0, 0.1) is 24.5 Å². The normalized spacial score (nSPS) is 11.9. The first-order valence-corrected chi connectivity index (χ1v) is 8.26. The van der Waals surface area contributed by atoms with Crippen molar-refractivity contribution in [1.82, 2.24) is 5.32 Å². The molecule has 0 unspecified atom stereocenters. The topological polar surface area (TPSA) is 55.4 Å². The number of carbonyl (C=O) groups is 2. The SMILES string of the molecule is Cc1cccc(C(=O)N[C@H](C(=O)OCc2cccc(F)c2F)C(C)C)c1. The molecule has 1 atom stereocenters. The van der Waals surface area contributed by atoms with Gasteiger partial charge in [0, 0.05) is 11.1 Å². The fourth-order valence-corrected chi connectivity index (χ4v) is 2.41. The van der Waals surface area contributed by atoms with Crippen molar-refractivity contribution in [3.63, 3.8) is 0 Å². The van der Waals surface area contributed by atoms with E-state index in [1.807, 2.05) is 13.0 Å². The standard InChI is InChI=1S/C20H21F2NO3/c1-12(2)18(23-19(24)14-7-4-6-13(3)10-14)20(25)26-11-15-8-5-9-16(21)17(15)22/h4-10,12,18H,11H2,1-3H3,(H,23,24)/t18-/m0/s1. The number of esters is 1. The molecule has 0 aliphatic rings. The summed E-state index contributed by atoms with van der Waals surface area (Å²) in [4.78, 5) is 24.7. The molecule has 0 radical (unpaired) electrons. The van der Waals surface area contributed by atoms with Crippen molar-refractivity contribution in [1.29, 1.82) is 0 Å². The molecule has 0 bridgehead atoms. The van der Waals surface area contributed by atoms with Crippen molar-refractivity contribution >= 4 is 11.9 Å². The van der Waals surface area contributed by atoms with E-state index >= 15 is 0 Å². The Hall–Kier alpha value is -2.76. The summed E-state index contributed by atoms with van der Waals surface area (Å²) < 4.78 is 31.9. The molecular formula is C20H21F2NO3. The van der Waals surface area contributed by atoms with Gasteiger partial charge < -0.3 is 10.1 Å². The maximum Gasteiger partial charge on any atom is 0.329 e. The fourth-order valence-electron chi connectivity index (χ4n) is 2.41. The predicted octanol–water partition coefficient (Wildman–Crippen LogP) is 3.77. The van der Waals surface area contributed by atoms with E-state index in [-0.39, 0.29) is 11.5 Å². The van der Waals surface area contributed by atoms with Gasteiger partial charge in [-0.15, -0.1) is 0 Å². The number of aryl methyl sites for hydroxylation is 1. The summed E-state index contributed by atoms with van der Waals surface area (Å²) in [7, 11) is 0. The van der Waals surface area contributed by atoms with Crippen molar-refractivity contribution in [2.24, 2.45) is 5.92 Å². The van der Waals surface area contributed by atoms with Crippen molar-refractivity contribution < 1.29 is 23.1 Å². The second-order valence-corrected chi connectivity index (χ2v) is 6.39. The lowest BCUT2D eigenvalue weighted by Crippen LogP contribution is -2.45. The van der Waals surface area contributed by atoms with Crippen molar-refractivity contribution in [3.8, 4) is 0 Å². The van der Waals surface area contributed by atoms with E-state index in [1.165, 1.54) is 12.1 Å². The van der Waals surface area contributed by atoms with Gasteiger partial charge in [-0.1, -0.05) is 43.7 Å². The minimum atomic E-state index is -1.05. The quantitative estimate of drug-likeness (QED) is 0.797. The number of amides is 1. The molecule has 0 aliphatic heterocycles. The number of hydrogen-bond acceptors (Lipinski definition) is 3. The Morgan fingerprint density at radius 2 is 1.81 bits per heavy atom. The number of hydrogen-bond donors (Lipinski definition) is 1. The molecule has 0 fully saturated rings. The first-order chi connectivity index (χ1) is 12.3. The third-order valence-electron chi connectivity index (χ3n) is 3.89. The second-order valence-electron chi connectivity index (χ2n) is 6.39. The van der Waals surface area contributed by atoms with Gasteiger partial charge in [-0.25, -0.2) is 13.6 Å². The molecule has 0 aliphatic carbocycles. The number of benzene rings is 2. The highest BCUT2D eigenvalue weighted by atomic mass is 19.2. The van der Waals surface area contributed by atoms with E-state index < -0.39 is 36.2 Å². The largest absolute Gasteiger partial charge is 0.459 e. The van der Waals surface area contributed by atoms with Gasteiger partial charge in [-0.3, -0.25) is 4.79 Å². The van der Waals surface area contributed by atoms with Crippen molar-refractivity contribution in [2.75, 3.05) is 0 Å². The molecule has 0 saturated carbocycles. The third-order valence-corrected chi connectivity index (χ3v) is 3.89.